The molecule has 28 heavy (non-hydrogen) atoms. The molecule has 0 bridgehead atoms. The molecule has 3 heterocycles. The van der Waals surface area contributed by atoms with Gasteiger partial charge in [0.05, 0.1) is 24.5 Å². The molecule has 3 aromatic heterocycles. The molecule has 1 aromatic carbocycles. The van der Waals surface area contributed by atoms with E-state index in [0.717, 1.165) is 28.0 Å². The SMILES string of the molecule is COC[C@@H](c1ccccn1)N(C)Cc1cnc2c(-c3ccccc3)cnn2c1. The number of benzene rings is 1. The Bertz CT molecular complexity index is 1030. The molecule has 0 aliphatic carbocycles. The molecule has 0 aliphatic heterocycles. The van der Waals surface area contributed by atoms with Gasteiger partial charge in [-0.05, 0) is 24.7 Å². The summed E-state index contributed by atoms with van der Waals surface area (Å²) in [7, 11) is 3.79. The third kappa shape index (κ3) is 3.78. The molecule has 142 valence electrons. The number of nitrogens with zero attached hydrogens (tertiary/aromatic N) is 5. The summed E-state index contributed by atoms with van der Waals surface area (Å²) < 4.78 is 7.27. The van der Waals surface area contributed by atoms with Crippen molar-refractivity contribution in [2.45, 2.75) is 12.6 Å². The van der Waals surface area contributed by atoms with E-state index in [2.05, 4.69) is 39.1 Å². The zero-order chi connectivity index (χ0) is 19.3. The van der Waals surface area contributed by atoms with Crippen LogP contribution < -0.4 is 0 Å². The van der Waals surface area contributed by atoms with E-state index in [4.69, 9.17) is 4.74 Å². The molecule has 0 N–H and O–H groups in total. The van der Waals surface area contributed by atoms with Crippen molar-refractivity contribution in [3.8, 4) is 11.1 Å². The summed E-state index contributed by atoms with van der Waals surface area (Å²) >= 11 is 0. The van der Waals surface area contributed by atoms with E-state index in [-0.39, 0.29) is 6.04 Å². The molecule has 0 unspecified atom stereocenters. The van der Waals surface area contributed by atoms with Crippen molar-refractivity contribution in [1.29, 1.82) is 0 Å². The van der Waals surface area contributed by atoms with Crippen molar-refractivity contribution >= 4 is 5.65 Å². The lowest BCUT2D eigenvalue weighted by Crippen LogP contribution is -2.28. The molecule has 1 atom stereocenters. The highest BCUT2D eigenvalue weighted by Crippen LogP contribution is 2.24. The summed E-state index contributed by atoms with van der Waals surface area (Å²) in [5.41, 5.74) is 5.08. The summed E-state index contributed by atoms with van der Waals surface area (Å²) in [6.45, 7) is 1.29. The minimum atomic E-state index is 0.0689. The lowest BCUT2D eigenvalue weighted by Gasteiger charge is -2.27. The Balaban J connectivity index is 1.57. The van der Waals surface area contributed by atoms with E-state index in [1.165, 1.54) is 0 Å². The average molecular weight is 373 g/mol. The number of hydrogen-bond acceptors (Lipinski definition) is 5. The standard InChI is InChI=1S/C22H23N5O/c1-26(21(16-28-2)20-10-6-7-11-23-20)14-17-12-24-22-19(13-25-27(22)15-17)18-8-4-3-5-9-18/h3-13,15,21H,14,16H2,1-2H3/t21-/m0/s1. The zero-order valence-electron chi connectivity index (χ0n) is 16.1. The van der Waals surface area contributed by atoms with Crippen molar-refractivity contribution in [3.63, 3.8) is 0 Å². The molecule has 0 aliphatic rings. The van der Waals surface area contributed by atoms with Gasteiger partial charge in [0.2, 0.25) is 0 Å². The third-order valence-corrected chi connectivity index (χ3v) is 4.81. The van der Waals surface area contributed by atoms with Crippen LogP contribution in [-0.2, 0) is 11.3 Å². The predicted octanol–water partition coefficient (Wildman–Crippen LogP) is 3.61. The van der Waals surface area contributed by atoms with Gasteiger partial charge in [-0.3, -0.25) is 9.88 Å². The van der Waals surface area contributed by atoms with Gasteiger partial charge in [0, 0.05) is 43.4 Å². The molecular weight excluding hydrogens is 350 g/mol. The van der Waals surface area contributed by atoms with Gasteiger partial charge in [-0.2, -0.15) is 5.10 Å². The molecule has 0 saturated carbocycles. The molecule has 4 aromatic rings. The normalized spacial score (nSPS) is 12.5. The van der Waals surface area contributed by atoms with E-state index in [1.807, 2.05) is 65.7 Å². The lowest BCUT2D eigenvalue weighted by atomic mass is 10.1. The van der Waals surface area contributed by atoms with Gasteiger partial charge in [-0.25, -0.2) is 9.50 Å². The highest BCUT2D eigenvalue weighted by atomic mass is 16.5. The maximum Gasteiger partial charge on any atom is 0.162 e. The summed E-state index contributed by atoms with van der Waals surface area (Å²) in [6, 6.07) is 16.2. The maximum atomic E-state index is 5.42. The van der Waals surface area contributed by atoms with Crippen LogP contribution >= 0.6 is 0 Å². The van der Waals surface area contributed by atoms with Crippen LogP contribution in [0.25, 0.3) is 16.8 Å². The van der Waals surface area contributed by atoms with E-state index >= 15 is 0 Å². The number of pyridine rings is 1. The summed E-state index contributed by atoms with van der Waals surface area (Å²) in [6.07, 6.45) is 7.64. The number of methoxy groups -OCH3 is 1. The Morgan fingerprint density at radius 3 is 2.61 bits per heavy atom. The number of ether oxygens (including phenoxy) is 1. The Morgan fingerprint density at radius 1 is 1.04 bits per heavy atom. The summed E-state index contributed by atoms with van der Waals surface area (Å²) in [5, 5.41) is 4.50. The van der Waals surface area contributed by atoms with Crippen LogP contribution in [0.3, 0.4) is 0 Å². The van der Waals surface area contributed by atoms with E-state index < -0.39 is 0 Å². The Morgan fingerprint density at radius 2 is 1.86 bits per heavy atom. The van der Waals surface area contributed by atoms with Crippen LogP contribution in [0.5, 0.6) is 0 Å². The molecule has 0 radical (unpaired) electrons. The van der Waals surface area contributed by atoms with Crippen LogP contribution in [0.1, 0.15) is 17.3 Å². The van der Waals surface area contributed by atoms with Crippen molar-refractivity contribution < 1.29 is 4.74 Å². The second-order valence-electron chi connectivity index (χ2n) is 6.80. The topological polar surface area (TPSA) is 55.5 Å². The minimum absolute atomic E-state index is 0.0689. The second-order valence-corrected chi connectivity index (χ2v) is 6.80. The highest BCUT2D eigenvalue weighted by Gasteiger charge is 2.19. The first-order valence-electron chi connectivity index (χ1n) is 9.24. The number of hydrogen-bond donors (Lipinski definition) is 0. The summed E-state index contributed by atoms with van der Waals surface area (Å²) in [4.78, 5) is 11.4. The fraction of sp³-hybridized carbons (Fsp3) is 0.227. The van der Waals surface area contributed by atoms with Crippen LogP contribution in [0.4, 0.5) is 0 Å². The first-order valence-corrected chi connectivity index (χ1v) is 9.24. The quantitative estimate of drug-likeness (QED) is 0.495. The molecular formula is C22H23N5O. The molecule has 6 heteroatoms. The predicted molar refractivity (Wildman–Crippen MR) is 109 cm³/mol. The maximum absolute atomic E-state index is 5.42. The van der Waals surface area contributed by atoms with E-state index in [1.54, 1.807) is 7.11 Å². The van der Waals surface area contributed by atoms with Crippen molar-refractivity contribution in [3.05, 3.63) is 84.6 Å². The Kier molecular flexibility index (Phi) is 5.41. The van der Waals surface area contributed by atoms with E-state index in [0.29, 0.717) is 13.2 Å². The van der Waals surface area contributed by atoms with Crippen molar-refractivity contribution in [1.82, 2.24) is 24.5 Å². The summed E-state index contributed by atoms with van der Waals surface area (Å²) in [5.74, 6) is 0. The number of aromatic nitrogens is 4. The van der Waals surface area contributed by atoms with Gasteiger partial charge in [0.1, 0.15) is 0 Å². The molecule has 6 nitrogen and oxygen atoms in total. The fourth-order valence-electron chi connectivity index (χ4n) is 3.38. The molecule has 4 rings (SSSR count). The second kappa shape index (κ2) is 8.29. The van der Waals surface area contributed by atoms with Crippen molar-refractivity contribution in [2.24, 2.45) is 0 Å². The van der Waals surface area contributed by atoms with Crippen molar-refractivity contribution in [2.75, 3.05) is 20.8 Å². The smallest absolute Gasteiger partial charge is 0.162 e. The van der Waals surface area contributed by atoms with Gasteiger partial charge in [0.15, 0.2) is 5.65 Å². The van der Waals surface area contributed by atoms with Gasteiger partial charge in [0.25, 0.3) is 0 Å². The molecule has 0 fully saturated rings. The Labute approximate surface area is 164 Å². The van der Waals surface area contributed by atoms with Crippen LogP contribution in [0.2, 0.25) is 0 Å². The van der Waals surface area contributed by atoms with Crippen LogP contribution in [0, 0.1) is 0 Å². The number of likely N-dealkylation sites (N-methyl/N-ethyl adjacent to an activating group) is 1. The number of fused-ring (bicyclic) bond motifs is 1. The molecule has 0 amide bonds. The molecule has 0 saturated heterocycles. The van der Waals surface area contributed by atoms with E-state index in [9.17, 15) is 0 Å². The molecule has 0 spiro atoms. The van der Waals surface area contributed by atoms with Gasteiger partial charge >= 0.3 is 0 Å². The van der Waals surface area contributed by atoms with Gasteiger partial charge in [-0.1, -0.05) is 36.4 Å². The zero-order valence-corrected chi connectivity index (χ0v) is 16.1. The lowest BCUT2D eigenvalue weighted by molar-refractivity contribution is 0.0998. The highest BCUT2D eigenvalue weighted by molar-refractivity contribution is 5.76. The van der Waals surface area contributed by atoms with Crippen LogP contribution in [-0.4, -0.2) is 45.2 Å². The van der Waals surface area contributed by atoms with Crippen LogP contribution in [0.15, 0.2) is 73.3 Å². The largest absolute Gasteiger partial charge is 0.383 e. The fourth-order valence-corrected chi connectivity index (χ4v) is 3.38. The monoisotopic (exact) mass is 373 g/mol. The van der Waals surface area contributed by atoms with Gasteiger partial charge in [-0.15, -0.1) is 0 Å². The third-order valence-electron chi connectivity index (χ3n) is 4.81. The average Bonchev–Trinajstić information content (AvgIpc) is 3.16. The first-order chi connectivity index (χ1) is 13.8. The first kappa shape index (κ1) is 18.3. The Hall–Kier alpha value is -3.09. The van der Waals surface area contributed by atoms with Gasteiger partial charge < -0.3 is 4.74 Å². The minimum Gasteiger partial charge on any atom is -0.383 e. The number of rotatable bonds is 7.